The minimum Gasteiger partial charge on any atom is -0.481 e. The molecule has 0 radical (unpaired) electrons. The fourth-order valence-electron chi connectivity index (χ4n) is 0.548. The quantitative estimate of drug-likeness (QED) is 0.627. The first-order chi connectivity index (χ1) is 6.07. The van der Waals surface area contributed by atoms with Crippen LogP contribution in [0, 0.1) is 0 Å². The van der Waals surface area contributed by atoms with Gasteiger partial charge in [0.1, 0.15) is 6.04 Å². The molecule has 0 spiro atoms. The molecule has 1 unspecified atom stereocenters. The van der Waals surface area contributed by atoms with Crippen LogP contribution in [0.3, 0.4) is 0 Å². The predicted molar refractivity (Wildman–Crippen MR) is 48.2 cm³/mol. The molecule has 0 aliphatic carbocycles. The molecule has 0 aromatic heterocycles. The second-order valence-corrected chi connectivity index (χ2v) is 2.06. The summed E-state index contributed by atoms with van der Waals surface area (Å²) in [5.74, 6) is -1.55. The molecule has 0 aromatic carbocycles. The third-order valence-electron chi connectivity index (χ3n) is 1.17. The van der Waals surface area contributed by atoms with Crippen LogP contribution in [0.5, 0.6) is 0 Å². The zero-order valence-corrected chi connectivity index (χ0v) is 8.24. The van der Waals surface area contributed by atoms with Crippen LogP contribution in [0.4, 0.5) is 0 Å². The van der Waals surface area contributed by atoms with Crippen molar-refractivity contribution < 1.29 is 19.4 Å². The van der Waals surface area contributed by atoms with Crippen molar-refractivity contribution >= 4 is 11.9 Å². The van der Waals surface area contributed by atoms with Crippen LogP contribution in [0.15, 0.2) is 0 Å². The van der Waals surface area contributed by atoms with Gasteiger partial charge >= 0.3 is 11.9 Å². The van der Waals surface area contributed by atoms with Gasteiger partial charge < -0.3 is 15.6 Å². The number of carbonyl (C=O) groups excluding carboxylic acids is 1. The summed E-state index contributed by atoms with van der Waals surface area (Å²) in [6.45, 7) is 4.00. The molecule has 0 amide bonds. The highest BCUT2D eigenvalue weighted by molar-refractivity contribution is 5.76. The average Bonchev–Trinajstić information content (AvgIpc) is 2.16. The maximum absolute atomic E-state index is 10.6. The highest BCUT2D eigenvalue weighted by Gasteiger charge is 2.14. The molecule has 0 fully saturated rings. The molecule has 5 heteroatoms. The minimum absolute atomic E-state index is 0.113. The van der Waals surface area contributed by atoms with Crippen LogP contribution in [-0.2, 0) is 14.3 Å². The maximum atomic E-state index is 10.6. The summed E-state index contributed by atoms with van der Waals surface area (Å²) < 4.78 is 4.29. The molecule has 0 bridgehead atoms. The lowest BCUT2D eigenvalue weighted by atomic mass is 10.2. The molecule has 0 saturated heterocycles. The zero-order chi connectivity index (χ0) is 10.9. The van der Waals surface area contributed by atoms with Gasteiger partial charge in [0, 0.05) is 6.42 Å². The van der Waals surface area contributed by atoms with Crippen LogP contribution in [0.25, 0.3) is 0 Å². The van der Waals surface area contributed by atoms with E-state index in [1.165, 1.54) is 7.11 Å². The molecule has 0 rings (SSSR count). The predicted octanol–water partition coefficient (Wildman–Crippen LogP) is 0.378. The van der Waals surface area contributed by atoms with E-state index in [-0.39, 0.29) is 12.8 Å². The normalized spacial score (nSPS) is 10.8. The molecule has 13 heavy (non-hydrogen) atoms. The molecule has 0 aliphatic heterocycles. The molecule has 1 atom stereocenters. The third kappa shape index (κ3) is 8.81. The summed E-state index contributed by atoms with van der Waals surface area (Å²) in [6, 6.07) is -0.823. The van der Waals surface area contributed by atoms with Crippen molar-refractivity contribution in [2.75, 3.05) is 7.11 Å². The standard InChI is InChI=1S/C6H11NO4.C2H6/c1-11-6(10)4(7)2-3-5(8)9;1-2/h4H,2-3,7H2,1H3,(H,8,9);1-2H3. The van der Waals surface area contributed by atoms with Crippen LogP contribution < -0.4 is 5.73 Å². The van der Waals surface area contributed by atoms with Crippen molar-refractivity contribution in [3.8, 4) is 0 Å². The first-order valence-electron chi connectivity index (χ1n) is 4.13. The molecular formula is C8H17NO4. The first-order valence-corrected chi connectivity index (χ1v) is 4.13. The summed E-state index contributed by atoms with van der Waals surface area (Å²) in [5.41, 5.74) is 5.24. The lowest BCUT2D eigenvalue weighted by molar-refractivity contribution is -0.142. The number of carboxylic acid groups (broad SMARTS) is 1. The minimum atomic E-state index is -0.968. The van der Waals surface area contributed by atoms with E-state index < -0.39 is 18.0 Å². The number of hydrogen-bond acceptors (Lipinski definition) is 4. The van der Waals surface area contributed by atoms with E-state index in [4.69, 9.17) is 10.8 Å². The molecular weight excluding hydrogens is 174 g/mol. The summed E-state index contributed by atoms with van der Waals surface area (Å²) in [4.78, 5) is 20.6. The van der Waals surface area contributed by atoms with Gasteiger partial charge in [0.2, 0.25) is 0 Å². The van der Waals surface area contributed by atoms with Crippen LogP contribution in [0.2, 0.25) is 0 Å². The van der Waals surface area contributed by atoms with E-state index in [1.807, 2.05) is 13.8 Å². The van der Waals surface area contributed by atoms with Gasteiger partial charge in [-0.15, -0.1) is 0 Å². The van der Waals surface area contributed by atoms with Crippen molar-refractivity contribution in [1.82, 2.24) is 0 Å². The van der Waals surface area contributed by atoms with Crippen molar-refractivity contribution in [1.29, 1.82) is 0 Å². The number of carbonyl (C=O) groups is 2. The molecule has 0 saturated carbocycles. The number of nitrogens with two attached hydrogens (primary N) is 1. The Morgan fingerprint density at radius 1 is 1.46 bits per heavy atom. The third-order valence-corrected chi connectivity index (χ3v) is 1.17. The van der Waals surface area contributed by atoms with Crippen LogP contribution >= 0.6 is 0 Å². The van der Waals surface area contributed by atoms with Crippen LogP contribution in [-0.4, -0.2) is 30.2 Å². The smallest absolute Gasteiger partial charge is 0.322 e. The van der Waals surface area contributed by atoms with Gasteiger partial charge in [-0.05, 0) is 6.42 Å². The highest BCUT2D eigenvalue weighted by Crippen LogP contribution is 1.95. The Morgan fingerprint density at radius 2 is 1.92 bits per heavy atom. The Balaban J connectivity index is 0. The Kier molecular flexibility index (Phi) is 9.98. The monoisotopic (exact) mass is 191 g/mol. The Morgan fingerprint density at radius 3 is 2.23 bits per heavy atom. The van der Waals surface area contributed by atoms with Gasteiger partial charge in [-0.3, -0.25) is 9.59 Å². The summed E-state index contributed by atoms with van der Waals surface area (Å²) in [7, 11) is 1.21. The molecule has 0 aromatic rings. The number of methoxy groups -OCH3 is 1. The summed E-state index contributed by atoms with van der Waals surface area (Å²) in [6.07, 6.45) is -0.00171. The molecule has 5 nitrogen and oxygen atoms in total. The number of carboxylic acids is 1. The van der Waals surface area contributed by atoms with E-state index in [9.17, 15) is 9.59 Å². The van der Waals surface area contributed by atoms with E-state index in [0.717, 1.165) is 0 Å². The Labute approximate surface area is 77.9 Å². The SMILES string of the molecule is CC.COC(=O)C(N)CCC(=O)O. The average molecular weight is 191 g/mol. The first kappa shape index (κ1) is 14.4. The topological polar surface area (TPSA) is 89.6 Å². The largest absolute Gasteiger partial charge is 0.481 e. The number of esters is 1. The number of rotatable bonds is 4. The maximum Gasteiger partial charge on any atom is 0.322 e. The second kappa shape index (κ2) is 8.99. The van der Waals surface area contributed by atoms with Crippen LogP contribution in [0.1, 0.15) is 26.7 Å². The number of aliphatic carboxylic acids is 1. The summed E-state index contributed by atoms with van der Waals surface area (Å²) >= 11 is 0. The Bertz CT molecular complexity index is 158. The van der Waals surface area contributed by atoms with Gasteiger partial charge in [0.25, 0.3) is 0 Å². The molecule has 3 N–H and O–H groups in total. The van der Waals surface area contributed by atoms with Gasteiger partial charge in [-0.2, -0.15) is 0 Å². The lowest BCUT2D eigenvalue weighted by Gasteiger charge is -2.05. The fraction of sp³-hybridized carbons (Fsp3) is 0.750. The van der Waals surface area contributed by atoms with Gasteiger partial charge in [0.15, 0.2) is 0 Å². The highest BCUT2D eigenvalue weighted by atomic mass is 16.5. The Hall–Kier alpha value is -1.10. The fourth-order valence-corrected chi connectivity index (χ4v) is 0.548. The number of ether oxygens (including phenoxy) is 1. The van der Waals surface area contributed by atoms with E-state index in [1.54, 1.807) is 0 Å². The van der Waals surface area contributed by atoms with Crippen molar-refractivity contribution in [2.45, 2.75) is 32.7 Å². The molecule has 0 heterocycles. The van der Waals surface area contributed by atoms with Crippen molar-refractivity contribution in [2.24, 2.45) is 5.73 Å². The number of hydrogen-bond donors (Lipinski definition) is 2. The van der Waals surface area contributed by atoms with Crippen molar-refractivity contribution in [3.05, 3.63) is 0 Å². The van der Waals surface area contributed by atoms with Gasteiger partial charge in [0.05, 0.1) is 7.11 Å². The second-order valence-electron chi connectivity index (χ2n) is 2.06. The van der Waals surface area contributed by atoms with E-state index in [2.05, 4.69) is 4.74 Å². The lowest BCUT2D eigenvalue weighted by Crippen LogP contribution is -2.31. The summed E-state index contributed by atoms with van der Waals surface area (Å²) in [5, 5.41) is 8.21. The van der Waals surface area contributed by atoms with Gasteiger partial charge in [-0.1, -0.05) is 13.8 Å². The molecule has 78 valence electrons. The molecule has 0 aliphatic rings. The zero-order valence-electron chi connectivity index (χ0n) is 8.24. The van der Waals surface area contributed by atoms with Gasteiger partial charge in [-0.25, -0.2) is 0 Å². The van der Waals surface area contributed by atoms with E-state index >= 15 is 0 Å². The van der Waals surface area contributed by atoms with E-state index in [0.29, 0.717) is 0 Å². The van der Waals surface area contributed by atoms with Crippen molar-refractivity contribution in [3.63, 3.8) is 0 Å².